The minimum absolute atomic E-state index is 0.0382. The number of nitro groups is 1. The zero-order chi connectivity index (χ0) is 18.8. The molecule has 25 heavy (non-hydrogen) atoms. The summed E-state index contributed by atoms with van der Waals surface area (Å²) in [7, 11) is 0. The van der Waals surface area contributed by atoms with E-state index in [0.29, 0.717) is 0 Å². The van der Waals surface area contributed by atoms with Crippen molar-refractivity contribution in [1.82, 2.24) is 5.01 Å². The van der Waals surface area contributed by atoms with Crippen molar-refractivity contribution in [2.75, 3.05) is 13.2 Å². The zero-order valence-corrected chi connectivity index (χ0v) is 13.7. The first-order valence-electron chi connectivity index (χ1n) is 7.46. The molecule has 1 aliphatic rings. The Morgan fingerprint density at radius 1 is 1.32 bits per heavy atom. The summed E-state index contributed by atoms with van der Waals surface area (Å²) in [6, 6.07) is 3.98. The summed E-state index contributed by atoms with van der Waals surface area (Å²) in [5, 5.41) is 21.0. The first-order valence-corrected chi connectivity index (χ1v) is 7.46. The van der Waals surface area contributed by atoms with Crippen LogP contribution in [-0.4, -0.2) is 58.1 Å². The molecule has 0 radical (unpaired) electrons. The second-order valence-corrected chi connectivity index (χ2v) is 5.99. The Kier molecular flexibility index (Phi) is 5.36. The van der Waals surface area contributed by atoms with Crippen LogP contribution in [0.5, 0.6) is 0 Å². The number of primary amides is 1. The molecule has 2 amide bonds. The van der Waals surface area contributed by atoms with Gasteiger partial charge in [-0.1, -0.05) is 6.07 Å². The number of rotatable bonds is 4. The maximum absolute atomic E-state index is 12.6. The third kappa shape index (κ3) is 4.29. The Labute approximate surface area is 143 Å². The second kappa shape index (κ2) is 7.13. The zero-order valence-electron chi connectivity index (χ0n) is 13.7. The molecule has 2 atom stereocenters. The Bertz CT molecular complexity index is 691. The highest BCUT2D eigenvalue weighted by Crippen LogP contribution is 2.22. The monoisotopic (exact) mass is 353 g/mol. The van der Waals surface area contributed by atoms with Crippen molar-refractivity contribution in [1.29, 1.82) is 0 Å². The van der Waals surface area contributed by atoms with Gasteiger partial charge in [0.1, 0.15) is 6.10 Å². The smallest absolute Gasteiger partial charge is 0.314 e. The largest absolute Gasteiger partial charge is 0.388 e. The third-order valence-corrected chi connectivity index (χ3v) is 3.74. The van der Waals surface area contributed by atoms with E-state index in [2.05, 4.69) is 0 Å². The van der Waals surface area contributed by atoms with Gasteiger partial charge in [0.05, 0.1) is 13.2 Å². The predicted octanol–water partition coefficient (Wildman–Crippen LogP) is -0.0682. The highest BCUT2D eigenvalue weighted by Gasteiger charge is 2.43. The molecule has 0 saturated carbocycles. The molecule has 0 bridgehead atoms. The van der Waals surface area contributed by atoms with Gasteiger partial charge in [-0.3, -0.25) is 9.59 Å². The molecule has 0 aromatic heterocycles. The molecule has 10 nitrogen and oxygen atoms in total. The number of aliphatic hydroxyl groups is 1. The van der Waals surface area contributed by atoms with Crippen LogP contribution in [-0.2, 0) is 9.47 Å². The molecule has 1 heterocycles. The maximum Gasteiger partial charge on any atom is 0.314 e. The van der Waals surface area contributed by atoms with E-state index in [0.717, 1.165) is 6.07 Å². The van der Waals surface area contributed by atoms with Crippen LogP contribution in [0.25, 0.3) is 0 Å². The molecule has 1 aliphatic heterocycles. The van der Waals surface area contributed by atoms with Gasteiger partial charge in [-0.05, 0) is 37.1 Å². The quantitative estimate of drug-likeness (QED) is 0.569. The molecule has 1 aromatic carbocycles. The molecular formula is C15H19N3O7. The third-order valence-electron chi connectivity index (χ3n) is 3.74. The van der Waals surface area contributed by atoms with Crippen LogP contribution >= 0.6 is 0 Å². The molecule has 0 aliphatic carbocycles. The van der Waals surface area contributed by atoms with Crippen molar-refractivity contribution >= 4 is 11.8 Å². The summed E-state index contributed by atoms with van der Waals surface area (Å²) in [6.07, 6.45) is -1.32. The fourth-order valence-electron chi connectivity index (χ4n) is 2.35. The lowest BCUT2D eigenvalue weighted by molar-refractivity contribution is -0.643. The van der Waals surface area contributed by atoms with E-state index in [1.54, 1.807) is 13.8 Å². The van der Waals surface area contributed by atoms with Gasteiger partial charge in [0, 0.05) is 11.1 Å². The van der Waals surface area contributed by atoms with Crippen LogP contribution in [0.15, 0.2) is 24.3 Å². The lowest BCUT2D eigenvalue weighted by Crippen LogP contribution is -2.52. The highest BCUT2D eigenvalue weighted by molar-refractivity contribution is 5.98. The number of hydrogen-bond acceptors (Lipinski definition) is 7. The molecule has 0 spiro atoms. The van der Waals surface area contributed by atoms with Crippen molar-refractivity contribution in [2.45, 2.75) is 31.8 Å². The Balaban J connectivity index is 2.34. The summed E-state index contributed by atoms with van der Waals surface area (Å²) >= 11 is 0. The molecule has 1 fully saturated rings. The molecular weight excluding hydrogens is 334 g/mol. The lowest BCUT2D eigenvalue weighted by Gasteiger charge is -2.25. The van der Waals surface area contributed by atoms with Crippen molar-refractivity contribution in [3.63, 3.8) is 0 Å². The average Bonchev–Trinajstić information content (AvgIpc) is 2.67. The minimum atomic E-state index is -1.32. The Morgan fingerprint density at radius 3 is 2.52 bits per heavy atom. The van der Waals surface area contributed by atoms with Crippen molar-refractivity contribution in [2.24, 2.45) is 5.73 Å². The van der Waals surface area contributed by atoms with Crippen LogP contribution in [0.2, 0.25) is 0 Å². The predicted molar refractivity (Wildman–Crippen MR) is 83.9 cm³/mol. The van der Waals surface area contributed by atoms with Crippen LogP contribution < -0.4 is 5.73 Å². The van der Waals surface area contributed by atoms with Crippen molar-refractivity contribution in [3.05, 3.63) is 45.5 Å². The Morgan fingerprint density at radius 2 is 1.92 bits per heavy atom. The fourth-order valence-corrected chi connectivity index (χ4v) is 2.35. The summed E-state index contributed by atoms with van der Waals surface area (Å²) in [6.45, 7) is 2.65. The molecule has 2 unspecified atom stereocenters. The number of nitrogens with zero attached hydrogens (tertiary/aromatic N) is 2. The average molecular weight is 353 g/mol. The van der Waals surface area contributed by atoms with E-state index >= 15 is 0 Å². The van der Waals surface area contributed by atoms with Gasteiger partial charge in [0.2, 0.25) is 5.91 Å². The van der Waals surface area contributed by atoms with E-state index in [4.69, 9.17) is 15.2 Å². The number of amides is 2. The summed E-state index contributed by atoms with van der Waals surface area (Å²) in [4.78, 5) is 35.3. The van der Waals surface area contributed by atoms with Gasteiger partial charge in [0.25, 0.3) is 0 Å². The lowest BCUT2D eigenvalue weighted by atomic mass is 10.1. The van der Waals surface area contributed by atoms with Crippen molar-refractivity contribution < 1.29 is 29.2 Å². The molecule has 10 heteroatoms. The molecule has 1 aromatic rings. The standard InChI is InChI=1S/C15H19N3O7/c1-15(2)24-7-11(12(19)8-25-15)17(18(22)23)14(21)10-5-3-4-9(6-10)13(16)20/h3-6,11-12,19H,7-8H2,1-2H3,(H2,16,20). The number of carbonyl (C=O) groups is 2. The second-order valence-electron chi connectivity index (χ2n) is 5.99. The molecule has 1 saturated heterocycles. The van der Waals surface area contributed by atoms with Gasteiger partial charge >= 0.3 is 5.91 Å². The van der Waals surface area contributed by atoms with Gasteiger partial charge in [-0.25, -0.2) is 10.1 Å². The highest BCUT2D eigenvalue weighted by atomic mass is 16.7. The van der Waals surface area contributed by atoms with Gasteiger partial charge in [0.15, 0.2) is 16.9 Å². The van der Waals surface area contributed by atoms with Gasteiger partial charge < -0.3 is 20.3 Å². The summed E-state index contributed by atoms with van der Waals surface area (Å²) in [5.41, 5.74) is 5.09. The normalized spacial score (nSPS) is 22.7. The fraction of sp³-hybridized carbons (Fsp3) is 0.467. The van der Waals surface area contributed by atoms with Crippen molar-refractivity contribution in [3.8, 4) is 0 Å². The van der Waals surface area contributed by atoms with Crippen LogP contribution in [0.3, 0.4) is 0 Å². The summed E-state index contributed by atoms with van der Waals surface area (Å²) < 4.78 is 10.7. The molecule has 3 N–H and O–H groups in total. The SMILES string of the molecule is CC1(C)OCC(O)C(N(C(=O)c2cccc(C(N)=O)c2)[N+](=O)[O-])CO1. The van der Waals surface area contributed by atoms with E-state index in [1.807, 2.05) is 0 Å². The van der Waals surface area contributed by atoms with E-state index in [1.165, 1.54) is 18.2 Å². The van der Waals surface area contributed by atoms with Crippen LogP contribution in [0.4, 0.5) is 0 Å². The molecule has 136 valence electrons. The van der Waals surface area contributed by atoms with Crippen LogP contribution in [0.1, 0.15) is 34.6 Å². The number of nitrogens with two attached hydrogens (primary N) is 1. The Hall–Kier alpha value is -2.56. The number of carbonyl (C=O) groups excluding carboxylic acids is 2. The number of benzene rings is 1. The van der Waals surface area contributed by atoms with E-state index in [9.17, 15) is 24.8 Å². The number of aliphatic hydroxyl groups excluding tert-OH is 1. The first kappa shape index (κ1) is 18.8. The maximum atomic E-state index is 12.6. The molecule has 2 rings (SSSR count). The van der Waals surface area contributed by atoms with E-state index < -0.39 is 34.8 Å². The number of ether oxygens (including phenoxy) is 2. The summed E-state index contributed by atoms with van der Waals surface area (Å²) in [5.74, 6) is -2.82. The number of hydrogen-bond donors (Lipinski definition) is 2. The van der Waals surface area contributed by atoms with Gasteiger partial charge in [-0.2, -0.15) is 0 Å². The van der Waals surface area contributed by atoms with Gasteiger partial charge in [-0.15, -0.1) is 0 Å². The minimum Gasteiger partial charge on any atom is -0.388 e. The van der Waals surface area contributed by atoms with Crippen LogP contribution in [0, 0.1) is 10.1 Å². The van der Waals surface area contributed by atoms with E-state index in [-0.39, 0.29) is 29.3 Å². The topological polar surface area (TPSA) is 145 Å². The number of hydrazine groups is 1. The first-order chi connectivity index (χ1) is 11.6.